The van der Waals surface area contributed by atoms with E-state index in [4.69, 9.17) is 4.42 Å². The van der Waals surface area contributed by atoms with Crippen molar-refractivity contribution >= 4 is 41.7 Å². The van der Waals surface area contributed by atoms with E-state index in [-0.39, 0.29) is 36.8 Å². The summed E-state index contributed by atoms with van der Waals surface area (Å²) in [6.07, 6.45) is 7.69. The minimum absolute atomic E-state index is 0. The molecule has 4 heterocycles. The average Bonchev–Trinajstić information content (AvgIpc) is 3.21. The van der Waals surface area contributed by atoms with Crippen molar-refractivity contribution in [3.8, 4) is 0 Å². The van der Waals surface area contributed by atoms with Crippen molar-refractivity contribution in [1.29, 1.82) is 0 Å². The summed E-state index contributed by atoms with van der Waals surface area (Å²) in [4.78, 5) is 16.6. The number of carbonyl (C=O) groups excluding carboxylic acids is 1. The Morgan fingerprint density at radius 3 is 2.91 bits per heavy atom. The van der Waals surface area contributed by atoms with Gasteiger partial charge in [0.1, 0.15) is 5.69 Å². The lowest BCUT2D eigenvalue weighted by molar-refractivity contribution is 0.0926. The molecule has 0 unspecified atom stereocenters. The van der Waals surface area contributed by atoms with Crippen LogP contribution in [-0.2, 0) is 6.42 Å². The maximum Gasteiger partial charge on any atom is 0.270 e. The summed E-state index contributed by atoms with van der Waals surface area (Å²) in [5.41, 5.74) is 2.33. The minimum Gasteiger partial charge on any atom is -0.462 e. The second-order valence-electron chi connectivity index (χ2n) is 6.04. The molecule has 2 aliphatic rings. The molecule has 5 nitrogen and oxygen atoms in total. The van der Waals surface area contributed by atoms with Gasteiger partial charge in [0.05, 0.1) is 12.5 Å². The van der Waals surface area contributed by atoms with Crippen LogP contribution in [0, 0.1) is 0 Å². The van der Waals surface area contributed by atoms with Crippen LogP contribution in [-0.4, -0.2) is 29.0 Å². The first-order valence-electron chi connectivity index (χ1n) is 7.67. The van der Waals surface area contributed by atoms with Crippen molar-refractivity contribution in [3.63, 3.8) is 0 Å². The van der Waals surface area contributed by atoms with E-state index in [1.807, 2.05) is 6.07 Å². The number of nitrogens with zero attached hydrogens (tertiary/aromatic N) is 1. The number of halogens is 2. The van der Waals surface area contributed by atoms with Gasteiger partial charge in [-0.2, -0.15) is 0 Å². The van der Waals surface area contributed by atoms with E-state index in [2.05, 4.69) is 22.5 Å². The summed E-state index contributed by atoms with van der Waals surface area (Å²) >= 11 is 0. The van der Waals surface area contributed by atoms with Gasteiger partial charge in [-0.05, 0) is 37.3 Å². The number of hydrogen-bond acceptors (Lipinski definition) is 4. The van der Waals surface area contributed by atoms with E-state index in [9.17, 15) is 4.79 Å². The number of rotatable bonds is 3. The van der Waals surface area contributed by atoms with Crippen molar-refractivity contribution in [2.45, 2.75) is 50.7 Å². The van der Waals surface area contributed by atoms with Gasteiger partial charge in [-0.3, -0.25) is 4.79 Å². The molecule has 2 aromatic heterocycles. The Kier molecular flexibility index (Phi) is 5.55. The number of aromatic nitrogens is 1. The molecule has 23 heavy (non-hydrogen) atoms. The molecule has 0 spiro atoms. The van der Waals surface area contributed by atoms with E-state index in [0.29, 0.717) is 17.8 Å². The second-order valence-corrected chi connectivity index (χ2v) is 6.04. The molecule has 126 valence electrons. The first-order chi connectivity index (χ1) is 10.2. The van der Waals surface area contributed by atoms with Crippen molar-refractivity contribution in [1.82, 2.24) is 15.6 Å². The summed E-state index contributed by atoms with van der Waals surface area (Å²) in [6, 6.07) is 3.09. The fourth-order valence-corrected chi connectivity index (χ4v) is 3.61. The molecule has 2 saturated heterocycles. The summed E-state index contributed by atoms with van der Waals surface area (Å²) in [5, 5.41) is 7.64. The van der Waals surface area contributed by atoms with Crippen LogP contribution < -0.4 is 10.6 Å². The van der Waals surface area contributed by atoms with E-state index in [1.54, 1.807) is 12.5 Å². The predicted molar refractivity (Wildman–Crippen MR) is 93.7 cm³/mol. The van der Waals surface area contributed by atoms with Crippen LogP contribution in [0.1, 0.15) is 42.2 Å². The molecule has 0 aromatic carbocycles. The minimum atomic E-state index is -0.0838. The lowest BCUT2D eigenvalue weighted by Crippen LogP contribution is -2.43. The van der Waals surface area contributed by atoms with Crippen LogP contribution in [0.15, 0.2) is 22.9 Å². The van der Waals surface area contributed by atoms with Crippen LogP contribution in [0.3, 0.4) is 0 Å². The number of amides is 1. The normalized spacial score (nSPS) is 25.0. The summed E-state index contributed by atoms with van der Waals surface area (Å²) in [7, 11) is 0. The second kappa shape index (κ2) is 7.07. The third kappa shape index (κ3) is 3.18. The summed E-state index contributed by atoms with van der Waals surface area (Å²) < 4.78 is 5.44. The van der Waals surface area contributed by atoms with Gasteiger partial charge in [0, 0.05) is 23.5 Å². The number of pyridine rings is 1. The molecule has 2 aromatic rings. The van der Waals surface area contributed by atoms with Crippen LogP contribution in [0.5, 0.6) is 0 Å². The zero-order valence-corrected chi connectivity index (χ0v) is 14.5. The first-order valence-corrected chi connectivity index (χ1v) is 7.67. The largest absolute Gasteiger partial charge is 0.462 e. The highest BCUT2D eigenvalue weighted by atomic mass is 35.5. The van der Waals surface area contributed by atoms with Gasteiger partial charge in [0.2, 0.25) is 0 Å². The SMILES string of the molecule is CCc1coc2cnc(C(=O)N[C@@H]3C[C@H]4CC[C@@H]3N4)cc12.Cl.Cl. The molecule has 3 atom stereocenters. The van der Waals surface area contributed by atoms with Gasteiger partial charge in [-0.25, -0.2) is 4.98 Å². The molecule has 0 aliphatic carbocycles. The van der Waals surface area contributed by atoms with Crippen LogP contribution in [0.4, 0.5) is 0 Å². The topological polar surface area (TPSA) is 67.2 Å². The van der Waals surface area contributed by atoms with Gasteiger partial charge in [-0.15, -0.1) is 24.8 Å². The van der Waals surface area contributed by atoms with Gasteiger partial charge in [0.15, 0.2) is 5.58 Å². The van der Waals surface area contributed by atoms with E-state index < -0.39 is 0 Å². The third-order valence-corrected chi connectivity index (χ3v) is 4.77. The Balaban J connectivity index is 0.000000960. The number of fused-ring (bicyclic) bond motifs is 3. The van der Waals surface area contributed by atoms with Gasteiger partial charge in [-0.1, -0.05) is 6.92 Å². The maximum absolute atomic E-state index is 12.4. The van der Waals surface area contributed by atoms with Crippen molar-refractivity contribution < 1.29 is 9.21 Å². The monoisotopic (exact) mass is 357 g/mol. The molecule has 0 saturated carbocycles. The predicted octanol–water partition coefficient (Wildman–Crippen LogP) is 2.86. The number of carbonyl (C=O) groups is 1. The summed E-state index contributed by atoms with van der Waals surface area (Å²) in [6.45, 7) is 2.07. The molecule has 4 rings (SSSR count). The van der Waals surface area contributed by atoms with Crippen LogP contribution in [0.2, 0.25) is 0 Å². The standard InChI is InChI=1S/C16H19N3O2.2ClH/c1-2-9-8-21-15-7-17-14(6-11(9)15)16(20)19-13-5-10-3-4-12(13)18-10;;/h6-8,10,12-13,18H,2-5H2,1H3,(H,19,20);2*1H/t10-,12+,13-;;/m1../s1. The third-order valence-electron chi connectivity index (χ3n) is 4.77. The fourth-order valence-electron chi connectivity index (χ4n) is 3.61. The fraction of sp³-hybridized carbons (Fsp3) is 0.500. The number of aryl methyl sites for hydroxylation is 1. The average molecular weight is 358 g/mol. The van der Waals surface area contributed by atoms with Crippen molar-refractivity contribution in [2.24, 2.45) is 0 Å². The Morgan fingerprint density at radius 2 is 2.26 bits per heavy atom. The van der Waals surface area contributed by atoms with Crippen LogP contribution in [0.25, 0.3) is 11.0 Å². The number of nitrogens with one attached hydrogen (secondary N) is 2. The van der Waals surface area contributed by atoms with Gasteiger partial charge in [0.25, 0.3) is 5.91 Å². The van der Waals surface area contributed by atoms with Gasteiger partial charge >= 0.3 is 0 Å². The molecule has 2 aliphatic heterocycles. The van der Waals surface area contributed by atoms with Crippen molar-refractivity contribution in [2.75, 3.05) is 0 Å². The Bertz CT molecular complexity index is 704. The summed E-state index contributed by atoms with van der Waals surface area (Å²) in [5.74, 6) is -0.0838. The molecule has 2 N–H and O–H groups in total. The van der Waals surface area contributed by atoms with Crippen LogP contribution >= 0.6 is 24.8 Å². The zero-order chi connectivity index (χ0) is 14.4. The molecule has 2 bridgehead atoms. The highest BCUT2D eigenvalue weighted by molar-refractivity contribution is 5.96. The Labute approximate surface area is 147 Å². The number of furan rings is 1. The lowest BCUT2D eigenvalue weighted by Gasteiger charge is -2.21. The highest BCUT2D eigenvalue weighted by Crippen LogP contribution is 2.28. The molecular formula is C16H21Cl2N3O2. The first kappa shape index (κ1) is 18.0. The number of hydrogen-bond donors (Lipinski definition) is 2. The van der Waals surface area contributed by atoms with Gasteiger partial charge < -0.3 is 15.1 Å². The molecular weight excluding hydrogens is 337 g/mol. The van der Waals surface area contributed by atoms with E-state index >= 15 is 0 Å². The van der Waals surface area contributed by atoms with Crippen molar-refractivity contribution in [3.05, 3.63) is 29.8 Å². The lowest BCUT2D eigenvalue weighted by atomic mass is 9.95. The molecule has 1 amide bonds. The maximum atomic E-state index is 12.4. The smallest absolute Gasteiger partial charge is 0.270 e. The Hall–Kier alpha value is -1.30. The highest BCUT2D eigenvalue weighted by Gasteiger charge is 2.39. The Morgan fingerprint density at radius 1 is 1.43 bits per heavy atom. The van der Waals surface area contributed by atoms with E-state index in [1.165, 1.54) is 6.42 Å². The van der Waals surface area contributed by atoms with E-state index in [0.717, 1.165) is 35.8 Å². The molecule has 2 fully saturated rings. The quantitative estimate of drug-likeness (QED) is 0.886. The molecule has 0 radical (unpaired) electrons. The zero-order valence-electron chi connectivity index (χ0n) is 12.9. The molecule has 7 heteroatoms.